The lowest BCUT2D eigenvalue weighted by Gasteiger charge is -1.94. The van der Waals surface area contributed by atoms with Gasteiger partial charge in [0.25, 0.3) is 0 Å². The van der Waals surface area contributed by atoms with E-state index in [0.29, 0.717) is 5.69 Å². The molecule has 0 aliphatic carbocycles. The van der Waals surface area contributed by atoms with Crippen LogP contribution >= 0.6 is 11.3 Å². The van der Waals surface area contributed by atoms with Gasteiger partial charge in [-0.25, -0.2) is 9.18 Å². The van der Waals surface area contributed by atoms with Gasteiger partial charge in [-0.15, -0.1) is 11.3 Å². The topological polar surface area (TPSA) is 42.1 Å². The summed E-state index contributed by atoms with van der Waals surface area (Å²) in [5.74, 6) is -0.656. The number of rotatable bonds is 2. The van der Waals surface area contributed by atoms with Crippen LogP contribution in [0.1, 0.15) is 10.5 Å². The Balaban J connectivity index is 2.04. The first kappa shape index (κ1) is 11.9. The first-order valence-electron chi connectivity index (χ1n) is 5.64. The second kappa shape index (κ2) is 4.51. The number of aromatic amines is 1. The van der Waals surface area contributed by atoms with Gasteiger partial charge >= 0.3 is 5.97 Å². The highest BCUT2D eigenvalue weighted by molar-refractivity contribution is 7.22. The standard InChI is InChI=1S/C14H10FNO2S/c1-18-14(17)11-4-3-10(16-11)13-7-8-6-9(15)2-5-12(8)19-13/h2-7,16H,1H3. The first-order valence-corrected chi connectivity index (χ1v) is 6.46. The first-order chi connectivity index (χ1) is 9.17. The van der Waals surface area contributed by atoms with Crippen LogP contribution in [0.25, 0.3) is 20.7 Å². The van der Waals surface area contributed by atoms with Gasteiger partial charge in [-0.05, 0) is 41.8 Å². The van der Waals surface area contributed by atoms with Crippen molar-refractivity contribution in [1.82, 2.24) is 4.98 Å². The molecule has 5 heteroatoms. The largest absolute Gasteiger partial charge is 0.464 e. The number of nitrogens with one attached hydrogen (secondary N) is 1. The summed E-state index contributed by atoms with van der Waals surface area (Å²) in [4.78, 5) is 15.3. The van der Waals surface area contributed by atoms with Gasteiger partial charge in [-0.2, -0.15) is 0 Å². The predicted octanol–water partition coefficient (Wildman–Crippen LogP) is 3.82. The number of aromatic nitrogens is 1. The van der Waals surface area contributed by atoms with Crippen LogP contribution in [-0.2, 0) is 4.74 Å². The highest BCUT2D eigenvalue weighted by Crippen LogP contribution is 2.33. The summed E-state index contributed by atoms with van der Waals surface area (Å²) < 4.78 is 18.8. The molecular formula is C14H10FNO2S. The molecule has 1 aromatic carbocycles. The number of carbonyl (C=O) groups is 1. The highest BCUT2D eigenvalue weighted by Gasteiger charge is 2.11. The third-order valence-electron chi connectivity index (χ3n) is 2.84. The fourth-order valence-corrected chi connectivity index (χ4v) is 2.94. The normalized spacial score (nSPS) is 10.8. The molecule has 0 aliphatic heterocycles. The molecule has 0 fully saturated rings. The minimum atomic E-state index is -0.404. The Bertz CT molecular complexity index is 760. The number of methoxy groups -OCH3 is 1. The van der Waals surface area contributed by atoms with E-state index in [1.54, 1.807) is 23.5 Å². The molecule has 3 nitrogen and oxygen atoms in total. The summed E-state index contributed by atoms with van der Waals surface area (Å²) in [6.07, 6.45) is 0. The summed E-state index contributed by atoms with van der Waals surface area (Å²) in [5.41, 5.74) is 1.23. The van der Waals surface area contributed by atoms with Crippen molar-refractivity contribution in [2.24, 2.45) is 0 Å². The van der Waals surface area contributed by atoms with Crippen molar-refractivity contribution in [3.8, 4) is 10.6 Å². The van der Waals surface area contributed by atoms with Crippen LogP contribution in [-0.4, -0.2) is 18.1 Å². The Labute approximate surface area is 112 Å². The smallest absolute Gasteiger partial charge is 0.354 e. The maximum atomic E-state index is 13.1. The van der Waals surface area contributed by atoms with Gasteiger partial charge in [-0.1, -0.05) is 0 Å². The van der Waals surface area contributed by atoms with E-state index in [-0.39, 0.29) is 5.82 Å². The number of halogens is 1. The lowest BCUT2D eigenvalue weighted by molar-refractivity contribution is 0.0595. The molecule has 0 saturated heterocycles. The van der Waals surface area contributed by atoms with Crippen LogP contribution in [0.2, 0.25) is 0 Å². The van der Waals surface area contributed by atoms with Crippen molar-refractivity contribution in [2.75, 3.05) is 7.11 Å². The highest BCUT2D eigenvalue weighted by atomic mass is 32.1. The zero-order valence-electron chi connectivity index (χ0n) is 10.1. The summed E-state index contributed by atoms with van der Waals surface area (Å²) in [7, 11) is 1.34. The van der Waals surface area contributed by atoms with Crippen molar-refractivity contribution < 1.29 is 13.9 Å². The van der Waals surface area contributed by atoms with Gasteiger partial charge in [0, 0.05) is 4.70 Å². The zero-order chi connectivity index (χ0) is 13.4. The van der Waals surface area contributed by atoms with Crippen molar-refractivity contribution in [3.63, 3.8) is 0 Å². The fourth-order valence-electron chi connectivity index (χ4n) is 1.91. The average Bonchev–Trinajstić information content (AvgIpc) is 3.03. The molecule has 2 aromatic heterocycles. The molecule has 0 spiro atoms. The zero-order valence-corrected chi connectivity index (χ0v) is 10.9. The number of carbonyl (C=O) groups excluding carboxylic acids is 1. The number of benzene rings is 1. The van der Waals surface area contributed by atoms with E-state index < -0.39 is 5.97 Å². The van der Waals surface area contributed by atoms with Crippen LogP contribution in [0.3, 0.4) is 0 Å². The minimum Gasteiger partial charge on any atom is -0.464 e. The van der Waals surface area contributed by atoms with Crippen LogP contribution < -0.4 is 0 Å². The second-order valence-electron chi connectivity index (χ2n) is 4.07. The second-order valence-corrected chi connectivity index (χ2v) is 5.15. The maximum absolute atomic E-state index is 13.1. The van der Waals surface area contributed by atoms with Gasteiger partial charge in [0.1, 0.15) is 11.5 Å². The number of hydrogen-bond acceptors (Lipinski definition) is 3. The molecule has 19 heavy (non-hydrogen) atoms. The number of ether oxygens (including phenoxy) is 1. The molecule has 0 aliphatic rings. The van der Waals surface area contributed by atoms with Gasteiger partial charge < -0.3 is 9.72 Å². The SMILES string of the molecule is COC(=O)c1ccc(-c2cc3cc(F)ccc3s2)[nH]1. The molecule has 1 N–H and O–H groups in total. The molecule has 0 radical (unpaired) electrons. The minimum absolute atomic E-state index is 0.251. The predicted molar refractivity (Wildman–Crippen MR) is 72.9 cm³/mol. The monoisotopic (exact) mass is 275 g/mol. The molecule has 3 rings (SSSR count). The Hall–Kier alpha value is -2.14. The molecule has 0 amide bonds. The summed E-state index contributed by atoms with van der Waals surface area (Å²) in [5, 5.41) is 0.856. The molecule has 0 atom stereocenters. The lowest BCUT2D eigenvalue weighted by Crippen LogP contribution is -2.00. The Morgan fingerprint density at radius 2 is 2.11 bits per heavy atom. The van der Waals surface area contributed by atoms with Crippen molar-refractivity contribution >= 4 is 27.4 Å². The molecule has 0 unspecified atom stereocenters. The van der Waals surface area contributed by atoms with Crippen LogP contribution in [0.15, 0.2) is 36.4 Å². The van der Waals surface area contributed by atoms with E-state index in [1.165, 1.54) is 19.2 Å². The third kappa shape index (κ3) is 2.13. The fraction of sp³-hybridized carbons (Fsp3) is 0.0714. The van der Waals surface area contributed by atoms with E-state index in [4.69, 9.17) is 0 Å². The Morgan fingerprint density at radius 1 is 1.26 bits per heavy atom. The van der Waals surface area contributed by atoms with E-state index >= 15 is 0 Å². The average molecular weight is 275 g/mol. The molecule has 3 aromatic rings. The molecule has 0 saturated carbocycles. The summed E-state index contributed by atoms with van der Waals surface area (Å²) >= 11 is 1.54. The van der Waals surface area contributed by atoms with Gasteiger partial charge in [0.15, 0.2) is 0 Å². The Morgan fingerprint density at radius 3 is 2.89 bits per heavy atom. The van der Waals surface area contributed by atoms with Crippen molar-refractivity contribution in [3.05, 3.63) is 47.9 Å². The van der Waals surface area contributed by atoms with Gasteiger partial charge in [0.2, 0.25) is 0 Å². The van der Waals surface area contributed by atoms with E-state index in [1.807, 2.05) is 12.1 Å². The number of hydrogen-bond donors (Lipinski definition) is 1. The Kier molecular flexibility index (Phi) is 2.83. The van der Waals surface area contributed by atoms with Crippen molar-refractivity contribution in [2.45, 2.75) is 0 Å². The van der Waals surface area contributed by atoms with Gasteiger partial charge in [-0.3, -0.25) is 0 Å². The van der Waals surface area contributed by atoms with Crippen LogP contribution in [0.4, 0.5) is 4.39 Å². The third-order valence-corrected chi connectivity index (χ3v) is 3.98. The van der Waals surface area contributed by atoms with E-state index in [9.17, 15) is 9.18 Å². The van der Waals surface area contributed by atoms with E-state index in [0.717, 1.165) is 20.7 Å². The maximum Gasteiger partial charge on any atom is 0.354 e. The number of H-pyrrole nitrogens is 1. The van der Waals surface area contributed by atoms with Gasteiger partial charge in [0.05, 0.1) is 17.7 Å². The van der Waals surface area contributed by atoms with Crippen LogP contribution in [0, 0.1) is 5.82 Å². The summed E-state index contributed by atoms with van der Waals surface area (Å²) in [6, 6.07) is 10.1. The quantitative estimate of drug-likeness (QED) is 0.722. The van der Waals surface area contributed by atoms with Crippen LogP contribution in [0.5, 0.6) is 0 Å². The van der Waals surface area contributed by atoms with Crippen molar-refractivity contribution in [1.29, 1.82) is 0 Å². The molecule has 2 heterocycles. The lowest BCUT2D eigenvalue weighted by atomic mass is 10.2. The molecule has 0 bridgehead atoms. The molecule has 96 valence electrons. The number of thiophene rings is 1. The number of esters is 1. The van der Waals surface area contributed by atoms with E-state index in [2.05, 4.69) is 9.72 Å². The summed E-state index contributed by atoms with van der Waals surface area (Å²) in [6.45, 7) is 0. The molecular weight excluding hydrogens is 265 g/mol. The number of fused-ring (bicyclic) bond motifs is 1.